The van der Waals surface area contributed by atoms with Crippen molar-refractivity contribution in [3.8, 4) is 0 Å². The topological polar surface area (TPSA) is 38.3 Å². The number of hydrogen-bond donors (Lipinski definition) is 1. The first-order valence-corrected chi connectivity index (χ1v) is 6.68. The molecule has 0 unspecified atom stereocenters. The number of carbonyl (C=O) groups excluding carboxylic acids is 1. The number of methoxy groups -OCH3 is 1. The molecule has 0 radical (unpaired) electrons. The van der Waals surface area contributed by atoms with Crippen LogP contribution in [0, 0.1) is 19.7 Å². The van der Waals surface area contributed by atoms with Crippen molar-refractivity contribution in [2.24, 2.45) is 0 Å². The minimum Gasteiger partial charge on any atom is -0.465 e. The largest absolute Gasteiger partial charge is 0.465 e. The van der Waals surface area contributed by atoms with Gasteiger partial charge in [0.1, 0.15) is 5.82 Å². The van der Waals surface area contributed by atoms with Crippen LogP contribution in [0.4, 0.5) is 10.1 Å². The molecule has 4 heteroatoms. The summed E-state index contributed by atoms with van der Waals surface area (Å²) in [6, 6.07) is 10.2. The fraction of sp³-hybridized carbons (Fsp3) is 0.235. The van der Waals surface area contributed by atoms with E-state index in [4.69, 9.17) is 4.74 Å². The Kier molecular flexibility index (Phi) is 4.58. The van der Waals surface area contributed by atoms with Crippen molar-refractivity contribution in [3.63, 3.8) is 0 Å². The fourth-order valence-electron chi connectivity index (χ4n) is 2.32. The molecule has 3 nitrogen and oxygen atoms in total. The molecular formula is C17H18FNO2. The van der Waals surface area contributed by atoms with Crippen LogP contribution < -0.4 is 5.32 Å². The van der Waals surface area contributed by atoms with Gasteiger partial charge in [-0.1, -0.05) is 29.3 Å². The first-order chi connectivity index (χ1) is 9.99. The zero-order chi connectivity index (χ0) is 15.4. The van der Waals surface area contributed by atoms with E-state index in [1.165, 1.54) is 36.4 Å². The Bertz CT molecular complexity index is 648. The van der Waals surface area contributed by atoms with E-state index in [2.05, 4.69) is 23.5 Å². The SMILES string of the molecule is COC(=O)c1ccc(F)cc1NCc1cc(C)cc(C)c1. The third kappa shape index (κ3) is 3.81. The average Bonchev–Trinajstić information content (AvgIpc) is 2.43. The van der Waals surface area contributed by atoms with Crippen molar-refractivity contribution in [1.82, 2.24) is 0 Å². The van der Waals surface area contributed by atoms with Gasteiger partial charge in [-0.3, -0.25) is 0 Å². The monoisotopic (exact) mass is 287 g/mol. The summed E-state index contributed by atoms with van der Waals surface area (Å²) in [5, 5.41) is 3.10. The molecule has 0 aliphatic rings. The zero-order valence-electron chi connectivity index (χ0n) is 12.4. The van der Waals surface area contributed by atoms with E-state index in [1.54, 1.807) is 0 Å². The molecule has 1 N–H and O–H groups in total. The number of halogens is 1. The molecule has 2 aromatic rings. The van der Waals surface area contributed by atoms with Crippen molar-refractivity contribution < 1.29 is 13.9 Å². The van der Waals surface area contributed by atoms with E-state index >= 15 is 0 Å². The summed E-state index contributed by atoms with van der Waals surface area (Å²) in [7, 11) is 1.30. The van der Waals surface area contributed by atoms with Gasteiger partial charge in [0.15, 0.2) is 0 Å². The highest BCUT2D eigenvalue weighted by Crippen LogP contribution is 2.20. The van der Waals surface area contributed by atoms with Gasteiger partial charge in [-0.05, 0) is 37.6 Å². The van der Waals surface area contributed by atoms with Crippen LogP contribution in [0.3, 0.4) is 0 Å². The maximum atomic E-state index is 13.4. The number of nitrogens with one attached hydrogen (secondary N) is 1. The summed E-state index contributed by atoms with van der Waals surface area (Å²) in [6.07, 6.45) is 0. The molecule has 2 aromatic carbocycles. The fourth-order valence-corrected chi connectivity index (χ4v) is 2.32. The van der Waals surface area contributed by atoms with Gasteiger partial charge in [0.2, 0.25) is 0 Å². The number of rotatable bonds is 4. The second kappa shape index (κ2) is 6.39. The Labute approximate surface area is 123 Å². The molecule has 0 atom stereocenters. The normalized spacial score (nSPS) is 10.3. The van der Waals surface area contributed by atoms with E-state index in [-0.39, 0.29) is 0 Å². The van der Waals surface area contributed by atoms with Gasteiger partial charge < -0.3 is 10.1 Å². The molecule has 0 spiro atoms. The van der Waals surface area contributed by atoms with Crippen molar-refractivity contribution in [1.29, 1.82) is 0 Å². The van der Waals surface area contributed by atoms with Gasteiger partial charge >= 0.3 is 5.97 Å². The van der Waals surface area contributed by atoms with Crippen molar-refractivity contribution >= 4 is 11.7 Å². The molecule has 0 saturated heterocycles. The lowest BCUT2D eigenvalue weighted by Gasteiger charge is -2.12. The summed E-state index contributed by atoms with van der Waals surface area (Å²) in [4.78, 5) is 11.7. The predicted octanol–water partition coefficient (Wildman–Crippen LogP) is 3.84. The molecule has 21 heavy (non-hydrogen) atoms. The first kappa shape index (κ1) is 15.0. The van der Waals surface area contributed by atoms with E-state index in [1.807, 2.05) is 13.8 Å². The molecule has 0 bridgehead atoms. The Hall–Kier alpha value is -2.36. The smallest absolute Gasteiger partial charge is 0.339 e. The Morgan fingerprint density at radius 3 is 2.43 bits per heavy atom. The standard InChI is InChI=1S/C17H18FNO2/c1-11-6-12(2)8-13(7-11)10-19-16-9-14(18)4-5-15(16)17(20)21-3/h4-9,19H,10H2,1-3H3. The molecule has 0 amide bonds. The summed E-state index contributed by atoms with van der Waals surface area (Å²) < 4.78 is 18.1. The maximum Gasteiger partial charge on any atom is 0.339 e. The average molecular weight is 287 g/mol. The minimum absolute atomic E-state index is 0.322. The van der Waals surface area contributed by atoms with Crippen LogP contribution in [-0.4, -0.2) is 13.1 Å². The third-order valence-corrected chi connectivity index (χ3v) is 3.15. The number of anilines is 1. The van der Waals surface area contributed by atoms with E-state index < -0.39 is 11.8 Å². The van der Waals surface area contributed by atoms with Crippen LogP contribution >= 0.6 is 0 Å². The van der Waals surface area contributed by atoms with Gasteiger partial charge in [-0.2, -0.15) is 0 Å². The first-order valence-electron chi connectivity index (χ1n) is 6.68. The lowest BCUT2D eigenvalue weighted by molar-refractivity contribution is 0.0602. The molecule has 0 aliphatic heterocycles. The van der Waals surface area contributed by atoms with Crippen LogP contribution in [0.15, 0.2) is 36.4 Å². The second-order valence-electron chi connectivity index (χ2n) is 5.03. The van der Waals surface area contributed by atoms with Gasteiger partial charge in [-0.25, -0.2) is 9.18 Å². The van der Waals surface area contributed by atoms with E-state index in [0.717, 1.165) is 5.56 Å². The summed E-state index contributed by atoms with van der Waals surface area (Å²) in [6.45, 7) is 4.56. The number of ether oxygens (including phenoxy) is 1. The van der Waals surface area contributed by atoms with E-state index in [9.17, 15) is 9.18 Å². The zero-order valence-corrected chi connectivity index (χ0v) is 12.4. The van der Waals surface area contributed by atoms with Crippen molar-refractivity contribution in [3.05, 3.63) is 64.5 Å². The Morgan fingerprint density at radius 2 is 1.81 bits per heavy atom. The van der Waals surface area contributed by atoms with E-state index in [0.29, 0.717) is 17.8 Å². The second-order valence-corrected chi connectivity index (χ2v) is 5.03. The molecule has 0 saturated carbocycles. The Balaban J connectivity index is 2.22. The highest BCUT2D eigenvalue weighted by Gasteiger charge is 2.12. The Morgan fingerprint density at radius 1 is 1.14 bits per heavy atom. The lowest BCUT2D eigenvalue weighted by atomic mass is 10.1. The number of esters is 1. The van der Waals surface area contributed by atoms with Crippen LogP contribution in [0.1, 0.15) is 27.0 Å². The molecular weight excluding hydrogens is 269 g/mol. The quantitative estimate of drug-likeness (QED) is 0.868. The molecule has 2 rings (SSSR count). The van der Waals surface area contributed by atoms with Crippen LogP contribution in [0.2, 0.25) is 0 Å². The maximum absolute atomic E-state index is 13.4. The predicted molar refractivity (Wildman–Crippen MR) is 81.0 cm³/mol. The highest BCUT2D eigenvalue weighted by atomic mass is 19.1. The highest BCUT2D eigenvalue weighted by molar-refractivity contribution is 5.95. The third-order valence-electron chi connectivity index (χ3n) is 3.15. The number of hydrogen-bond acceptors (Lipinski definition) is 3. The molecule has 110 valence electrons. The van der Waals surface area contributed by atoms with Gasteiger partial charge in [0, 0.05) is 6.54 Å². The molecule has 0 aromatic heterocycles. The van der Waals surface area contributed by atoms with Crippen LogP contribution in [0.25, 0.3) is 0 Å². The van der Waals surface area contributed by atoms with Gasteiger partial charge in [0.05, 0.1) is 18.4 Å². The van der Waals surface area contributed by atoms with Crippen molar-refractivity contribution in [2.45, 2.75) is 20.4 Å². The molecule has 0 aliphatic carbocycles. The van der Waals surface area contributed by atoms with Crippen molar-refractivity contribution in [2.75, 3.05) is 12.4 Å². The summed E-state index contributed by atoms with van der Waals surface area (Å²) in [5.74, 6) is -0.886. The van der Waals surface area contributed by atoms with Gasteiger partial charge in [0.25, 0.3) is 0 Å². The summed E-state index contributed by atoms with van der Waals surface area (Å²) in [5.41, 5.74) is 4.16. The molecule has 0 fully saturated rings. The van der Waals surface area contributed by atoms with Crippen LogP contribution in [-0.2, 0) is 11.3 Å². The number of carbonyl (C=O) groups is 1. The minimum atomic E-state index is -0.488. The number of aryl methyl sites for hydroxylation is 2. The number of benzene rings is 2. The molecule has 0 heterocycles. The van der Waals surface area contributed by atoms with Crippen LogP contribution in [0.5, 0.6) is 0 Å². The van der Waals surface area contributed by atoms with Gasteiger partial charge in [-0.15, -0.1) is 0 Å². The lowest BCUT2D eigenvalue weighted by Crippen LogP contribution is -2.09. The summed E-state index contributed by atoms with van der Waals surface area (Å²) >= 11 is 0.